The molecule has 0 aromatic carbocycles. The number of alkyl halides is 1. The van der Waals surface area contributed by atoms with E-state index < -0.39 is 0 Å². The van der Waals surface area contributed by atoms with E-state index in [0.717, 1.165) is 35.9 Å². The molecule has 1 aromatic heterocycles. The Kier molecular flexibility index (Phi) is 6.13. The Labute approximate surface area is 99.8 Å². The summed E-state index contributed by atoms with van der Waals surface area (Å²) in [6.07, 6.45) is 2.87. The third kappa shape index (κ3) is 4.91. The Hall–Kier alpha value is -0.190. The van der Waals surface area contributed by atoms with Crippen LogP contribution in [0.3, 0.4) is 0 Å². The van der Waals surface area contributed by atoms with Crippen LogP contribution >= 0.6 is 22.9 Å². The second-order valence-corrected chi connectivity index (χ2v) is 5.17. The van der Waals surface area contributed by atoms with E-state index in [0.29, 0.717) is 11.8 Å². The lowest BCUT2D eigenvalue weighted by molar-refractivity contribution is 0.159. The molecule has 3 nitrogen and oxygen atoms in total. The minimum Gasteiger partial charge on any atom is -0.384 e. The predicted molar refractivity (Wildman–Crippen MR) is 63.7 cm³/mol. The summed E-state index contributed by atoms with van der Waals surface area (Å²) in [5.41, 5.74) is 0. The average molecular weight is 249 g/mol. The van der Waals surface area contributed by atoms with Crippen molar-refractivity contribution in [1.82, 2.24) is 10.2 Å². The molecular formula is C10H17ClN2OS. The van der Waals surface area contributed by atoms with E-state index >= 15 is 0 Å². The Morgan fingerprint density at radius 2 is 2.13 bits per heavy atom. The third-order valence-corrected chi connectivity index (χ3v) is 3.28. The topological polar surface area (TPSA) is 35.0 Å². The van der Waals surface area contributed by atoms with E-state index in [9.17, 15) is 0 Å². The Morgan fingerprint density at radius 1 is 1.40 bits per heavy atom. The highest BCUT2D eigenvalue weighted by Crippen LogP contribution is 2.15. The minimum absolute atomic E-state index is 0.504. The van der Waals surface area contributed by atoms with Gasteiger partial charge in [-0.3, -0.25) is 0 Å². The maximum Gasteiger partial charge on any atom is 0.117 e. The number of ether oxygens (including phenoxy) is 1. The van der Waals surface area contributed by atoms with Crippen molar-refractivity contribution in [2.75, 3.05) is 19.6 Å². The normalized spacial score (nSPS) is 13.0. The zero-order valence-electron chi connectivity index (χ0n) is 9.20. The monoisotopic (exact) mass is 248 g/mol. The summed E-state index contributed by atoms with van der Waals surface area (Å²) < 4.78 is 5.09. The second kappa shape index (κ2) is 7.14. The van der Waals surface area contributed by atoms with Crippen molar-refractivity contribution < 1.29 is 4.74 Å². The standard InChI is InChI=1S/C10H17ClN2OS/c1-8(7-14-2)6-10-13-12-9(15-10)4-3-5-11/h8H,3-7H2,1-2H3. The van der Waals surface area contributed by atoms with E-state index in [1.165, 1.54) is 0 Å². The number of aromatic nitrogens is 2. The fourth-order valence-electron chi connectivity index (χ4n) is 1.33. The van der Waals surface area contributed by atoms with Crippen LogP contribution < -0.4 is 0 Å². The first-order chi connectivity index (χ1) is 7.26. The maximum absolute atomic E-state index is 5.62. The van der Waals surface area contributed by atoms with E-state index in [1.807, 2.05) is 0 Å². The lowest BCUT2D eigenvalue weighted by Gasteiger charge is -2.05. The lowest BCUT2D eigenvalue weighted by Crippen LogP contribution is -2.06. The fourth-order valence-corrected chi connectivity index (χ4v) is 2.51. The van der Waals surface area contributed by atoms with Crippen molar-refractivity contribution >= 4 is 22.9 Å². The molecule has 1 heterocycles. The maximum atomic E-state index is 5.62. The summed E-state index contributed by atoms with van der Waals surface area (Å²) in [6, 6.07) is 0. The first-order valence-corrected chi connectivity index (χ1v) is 6.47. The van der Waals surface area contributed by atoms with Crippen LogP contribution in [0.15, 0.2) is 0 Å². The van der Waals surface area contributed by atoms with E-state index in [1.54, 1.807) is 18.4 Å². The summed E-state index contributed by atoms with van der Waals surface area (Å²) >= 11 is 7.31. The molecule has 0 aliphatic rings. The number of aryl methyl sites for hydroxylation is 1. The molecule has 1 atom stereocenters. The molecule has 5 heteroatoms. The number of halogens is 1. The molecular weight excluding hydrogens is 232 g/mol. The van der Waals surface area contributed by atoms with Gasteiger partial charge in [0.1, 0.15) is 10.0 Å². The molecule has 0 saturated heterocycles. The molecule has 0 N–H and O–H groups in total. The van der Waals surface area contributed by atoms with Crippen molar-refractivity contribution in [1.29, 1.82) is 0 Å². The van der Waals surface area contributed by atoms with Crippen LogP contribution in [0.1, 0.15) is 23.4 Å². The van der Waals surface area contributed by atoms with Gasteiger partial charge in [-0.25, -0.2) is 0 Å². The van der Waals surface area contributed by atoms with E-state index in [2.05, 4.69) is 17.1 Å². The van der Waals surface area contributed by atoms with Crippen molar-refractivity contribution in [2.24, 2.45) is 5.92 Å². The van der Waals surface area contributed by atoms with Crippen molar-refractivity contribution in [3.05, 3.63) is 10.0 Å². The van der Waals surface area contributed by atoms with Gasteiger partial charge in [0.05, 0.1) is 0 Å². The molecule has 0 saturated carbocycles. The number of hydrogen-bond donors (Lipinski definition) is 0. The van der Waals surface area contributed by atoms with Gasteiger partial charge in [0.2, 0.25) is 0 Å². The van der Waals surface area contributed by atoms with Crippen LogP contribution in [0.2, 0.25) is 0 Å². The quantitative estimate of drug-likeness (QED) is 0.696. The zero-order chi connectivity index (χ0) is 11.1. The van der Waals surface area contributed by atoms with Crippen LogP contribution in [0, 0.1) is 5.92 Å². The molecule has 0 amide bonds. The highest BCUT2D eigenvalue weighted by molar-refractivity contribution is 7.11. The van der Waals surface area contributed by atoms with Gasteiger partial charge in [-0.15, -0.1) is 33.1 Å². The van der Waals surface area contributed by atoms with Crippen LogP contribution in [0.25, 0.3) is 0 Å². The average Bonchev–Trinajstić information content (AvgIpc) is 2.63. The van der Waals surface area contributed by atoms with Gasteiger partial charge in [0, 0.05) is 32.4 Å². The molecule has 1 rings (SSSR count). The highest BCUT2D eigenvalue weighted by Gasteiger charge is 2.08. The highest BCUT2D eigenvalue weighted by atomic mass is 35.5. The van der Waals surface area contributed by atoms with Gasteiger partial charge < -0.3 is 4.74 Å². The van der Waals surface area contributed by atoms with Crippen LogP contribution in [0.5, 0.6) is 0 Å². The first-order valence-electron chi connectivity index (χ1n) is 5.12. The smallest absolute Gasteiger partial charge is 0.117 e. The van der Waals surface area contributed by atoms with Gasteiger partial charge >= 0.3 is 0 Å². The van der Waals surface area contributed by atoms with Crippen molar-refractivity contribution in [2.45, 2.75) is 26.2 Å². The summed E-state index contributed by atoms with van der Waals surface area (Å²) in [4.78, 5) is 0. The minimum atomic E-state index is 0.504. The summed E-state index contributed by atoms with van der Waals surface area (Å²) in [6.45, 7) is 2.93. The zero-order valence-corrected chi connectivity index (χ0v) is 10.8. The van der Waals surface area contributed by atoms with Gasteiger partial charge in [0.15, 0.2) is 0 Å². The number of hydrogen-bond acceptors (Lipinski definition) is 4. The molecule has 0 fully saturated rings. The van der Waals surface area contributed by atoms with Gasteiger partial charge in [-0.05, 0) is 12.3 Å². The number of rotatable bonds is 7. The van der Waals surface area contributed by atoms with Crippen molar-refractivity contribution in [3.8, 4) is 0 Å². The molecule has 1 aromatic rings. The molecule has 1 unspecified atom stereocenters. The van der Waals surface area contributed by atoms with Crippen LogP contribution in [0.4, 0.5) is 0 Å². The first kappa shape index (κ1) is 12.9. The van der Waals surface area contributed by atoms with E-state index in [-0.39, 0.29) is 0 Å². The van der Waals surface area contributed by atoms with Crippen LogP contribution in [-0.4, -0.2) is 29.8 Å². The van der Waals surface area contributed by atoms with Gasteiger partial charge in [-0.1, -0.05) is 6.92 Å². The molecule has 0 radical (unpaired) electrons. The molecule has 0 spiro atoms. The lowest BCUT2D eigenvalue weighted by atomic mass is 10.1. The SMILES string of the molecule is COCC(C)Cc1nnc(CCCCl)s1. The number of nitrogens with zero attached hydrogens (tertiary/aromatic N) is 2. The summed E-state index contributed by atoms with van der Waals surface area (Å²) in [7, 11) is 1.72. The fraction of sp³-hybridized carbons (Fsp3) is 0.800. The third-order valence-electron chi connectivity index (χ3n) is 2.01. The second-order valence-electron chi connectivity index (χ2n) is 3.65. The molecule has 15 heavy (non-hydrogen) atoms. The summed E-state index contributed by atoms with van der Waals surface area (Å²) in [5, 5.41) is 10.5. The van der Waals surface area contributed by atoms with Crippen molar-refractivity contribution in [3.63, 3.8) is 0 Å². The molecule has 0 aliphatic carbocycles. The molecule has 0 aliphatic heterocycles. The van der Waals surface area contributed by atoms with Crippen LogP contribution in [-0.2, 0) is 17.6 Å². The van der Waals surface area contributed by atoms with Gasteiger partial charge in [0.25, 0.3) is 0 Å². The largest absolute Gasteiger partial charge is 0.384 e. The Bertz CT molecular complexity index is 280. The van der Waals surface area contributed by atoms with E-state index in [4.69, 9.17) is 16.3 Å². The summed E-state index contributed by atoms with van der Waals surface area (Å²) in [5.74, 6) is 1.19. The number of methoxy groups -OCH3 is 1. The molecule has 0 bridgehead atoms. The Morgan fingerprint density at radius 3 is 2.80 bits per heavy atom. The molecule has 86 valence electrons. The van der Waals surface area contributed by atoms with Gasteiger partial charge in [-0.2, -0.15) is 0 Å². The Balaban J connectivity index is 2.38. The predicted octanol–water partition coefficient (Wildman–Crippen LogP) is 2.53.